The molecule has 0 aromatic carbocycles. The topological polar surface area (TPSA) is 194 Å². The number of aliphatic carboxylic acids is 1. The Morgan fingerprint density at radius 1 is 0.815 bits per heavy atom. The smallest absolute Gasteiger partial charge is 0.356 e. The average molecular weight is 1240 g/mol. The predicted molar refractivity (Wildman–Crippen MR) is 334 cm³/mol. The van der Waals surface area contributed by atoms with Crippen LogP contribution < -0.4 is 5.32 Å². The summed E-state index contributed by atoms with van der Waals surface area (Å²) in [5.41, 5.74) is 7.49. The van der Waals surface area contributed by atoms with Gasteiger partial charge in [0.1, 0.15) is 18.0 Å². The Kier molecular flexibility index (Phi) is 21.1. The van der Waals surface area contributed by atoms with Gasteiger partial charge in [0.2, 0.25) is 11.8 Å². The second-order valence-corrected chi connectivity index (χ2v) is 33.2. The van der Waals surface area contributed by atoms with Crippen LogP contribution in [0, 0.1) is 27.6 Å². The van der Waals surface area contributed by atoms with Crippen LogP contribution in [0.4, 0.5) is 0 Å². The number of carboxylic acid groups (broad SMARTS) is 1. The molecule has 3 aromatic heterocycles. The van der Waals surface area contributed by atoms with E-state index in [1.165, 1.54) is 74.7 Å². The number of β-lactam (4-membered cyclic amide) rings is 2. The number of aromatic nitrogens is 3. The van der Waals surface area contributed by atoms with Crippen LogP contribution in [0.2, 0.25) is 19.6 Å². The summed E-state index contributed by atoms with van der Waals surface area (Å²) in [6, 6.07) is 1.23. The first-order valence-corrected chi connectivity index (χ1v) is 36.3. The molecule has 10 heterocycles. The maximum atomic E-state index is 13.4. The van der Waals surface area contributed by atoms with E-state index in [0.717, 1.165) is 80.7 Å². The van der Waals surface area contributed by atoms with Crippen LogP contribution in [0.15, 0.2) is 76.9 Å². The molecule has 0 spiro atoms. The van der Waals surface area contributed by atoms with Crippen LogP contribution in [-0.4, -0.2) is 160 Å². The van der Waals surface area contributed by atoms with Gasteiger partial charge in [-0.05, 0) is 115 Å². The summed E-state index contributed by atoms with van der Waals surface area (Å²) in [6.45, 7) is 27.2. The Morgan fingerprint density at radius 2 is 1.35 bits per heavy atom. The first-order valence-electron chi connectivity index (χ1n) is 28.2. The van der Waals surface area contributed by atoms with Gasteiger partial charge in [-0.3, -0.25) is 19.4 Å². The van der Waals surface area contributed by atoms with E-state index >= 15 is 0 Å². The number of fused-ring (bicyclic) bond motifs is 2. The first-order chi connectivity index (χ1) is 38.5. The van der Waals surface area contributed by atoms with Gasteiger partial charge in [0.15, 0.2) is 21.0 Å². The first kappa shape index (κ1) is 63.2. The van der Waals surface area contributed by atoms with Crippen LogP contribution in [0.1, 0.15) is 104 Å². The second kappa shape index (κ2) is 27.0. The van der Waals surface area contributed by atoms with Gasteiger partial charge in [-0.25, -0.2) is 19.6 Å². The van der Waals surface area contributed by atoms with Gasteiger partial charge >= 0.3 is 11.9 Å². The zero-order valence-corrected chi connectivity index (χ0v) is 54.5. The highest BCUT2D eigenvalue weighted by Crippen LogP contribution is 2.54. The number of thioether (sulfide) groups is 2. The van der Waals surface area contributed by atoms with Crippen LogP contribution >= 0.6 is 69.8 Å². The largest absolute Gasteiger partial charge is 0.477 e. The van der Waals surface area contributed by atoms with E-state index in [0.29, 0.717) is 28.7 Å². The van der Waals surface area contributed by atoms with E-state index in [1.807, 2.05) is 19.2 Å². The Morgan fingerprint density at radius 3 is 1.86 bits per heavy atom. The molecule has 3 aromatic rings. The predicted octanol–water partition coefficient (Wildman–Crippen LogP) is 11.2. The number of carboxylic acids is 1. The third-order valence-electron chi connectivity index (χ3n) is 16.4. The number of esters is 1. The fraction of sp³-hybridized carbons (Fsp3) is 0.569. The lowest BCUT2D eigenvalue weighted by molar-refractivity contribution is -0.163. The Hall–Kier alpha value is -3.85. The number of aromatic amines is 1. The van der Waals surface area contributed by atoms with Gasteiger partial charge in [0, 0.05) is 75.5 Å². The molecule has 7 aliphatic heterocycles. The van der Waals surface area contributed by atoms with Gasteiger partial charge in [-0.2, -0.15) is 0 Å². The van der Waals surface area contributed by atoms with E-state index in [1.54, 1.807) is 34.5 Å². The number of rotatable bonds is 18. The highest BCUT2D eigenvalue weighted by atomic mass is 32.2. The Balaban J connectivity index is 0.000000173. The zero-order chi connectivity index (χ0) is 58.8. The summed E-state index contributed by atoms with van der Waals surface area (Å²) in [5.74, 6) is -2.96. The number of carbonyl (C=O) groups excluding carboxylic acids is 3. The number of H-pyrrole nitrogens is 1. The molecule has 11 atom stereocenters. The fourth-order valence-electron chi connectivity index (χ4n) is 12.1. The SMILES string of the molecule is C=CCOC(=O)C1=C(Sc2nc(C3=CCN(C)[C@H](CC)C3)cs2)[C@H](C)[C@@H]2[C@@H]([C@@H](C)O[Si](C)(C)C)C(=O)N12.CC[C@@H]1CC(c2csc(=S)[nH]2)=CCN1C.CC[C@@H]1CC(c2csc(SC3=C(C(=O)O)N4C(=O)[C@H]([C@@H](C)O)[C@H]4[C@H]3C)n2)=CCN1. The molecule has 0 unspecified atom stereocenters. The molecule has 4 N–H and O–H groups in total. The molecule has 2 fully saturated rings. The zero-order valence-electron chi connectivity index (χ0n) is 48.6. The lowest BCUT2D eigenvalue weighted by atomic mass is 9.79. The molecule has 0 saturated carbocycles. The van der Waals surface area contributed by atoms with Crippen molar-refractivity contribution in [3.05, 3.63) is 89.3 Å². The molecule has 23 heteroatoms. The molecular weight excluding hydrogens is 1160 g/mol. The number of hydrogen-bond acceptors (Lipinski definition) is 18. The summed E-state index contributed by atoms with van der Waals surface area (Å²) in [6.07, 6.45) is 13.7. The van der Waals surface area contributed by atoms with Crippen LogP contribution in [0.25, 0.3) is 16.7 Å². The summed E-state index contributed by atoms with van der Waals surface area (Å²) >= 11 is 12.6. The number of ether oxygens (including phenoxy) is 1. The molecule has 0 aliphatic carbocycles. The highest BCUT2D eigenvalue weighted by Gasteiger charge is 2.62. The number of amides is 2. The van der Waals surface area contributed by atoms with Crippen LogP contribution in [-0.2, 0) is 28.3 Å². The standard InChI is InChI=1S/C27H39N3O4S2Si.C20H25N3O4S2.C11H16N2S2/c1-9-13-33-26(32)23-24(16(3)22-21(25(31)30(22)23)17(4)34-37(6,7)8)36-27-28-20(15-35-27)18-11-12-29(5)19(10-2)14-18;1-4-12-7-11(5-6-21-12)13-8-28-20(22-13)29-17-9(2)15-14(10(3)24)18(25)23(15)16(17)19(26)27;1-3-9-6-8(4-5-13(9)2)10-7-15-11(14)12-10/h9,11,15-17,19,21-22H,1,10,12-14H2,2-8H3;5,8-10,12,14-15,21,24H,4,6-7H2,1-3H3,(H,26,27);4,7,9H,3,5-6H2,1-2H3,(H,12,14)/t16-,17-,19-,21-,22-;9-,10-,12-,14-,15-;9-/m111/s1. The number of thiazole rings is 3. The van der Waals surface area contributed by atoms with Gasteiger partial charge in [-0.15, -0.1) is 34.0 Å². The van der Waals surface area contributed by atoms with Crippen molar-refractivity contribution in [2.24, 2.45) is 23.7 Å². The van der Waals surface area contributed by atoms with Crippen molar-refractivity contribution < 1.29 is 38.6 Å². The summed E-state index contributed by atoms with van der Waals surface area (Å²) in [5, 5.41) is 29.4. The van der Waals surface area contributed by atoms with E-state index < -0.39 is 32.3 Å². The van der Waals surface area contributed by atoms with Crippen molar-refractivity contribution in [1.82, 2.24) is 39.9 Å². The van der Waals surface area contributed by atoms with Crippen LogP contribution in [0.3, 0.4) is 0 Å². The monoisotopic (exact) mass is 1240 g/mol. The normalized spacial score (nSPS) is 27.4. The van der Waals surface area contributed by atoms with E-state index in [9.17, 15) is 29.4 Å². The van der Waals surface area contributed by atoms with Crippen molar-refractivity contribution in [2.45, 2.75) is 158 Å². The van der Waals surface area contributed by atoms with Crippen molar-refractivity contribution in [2.75, 3.05) is 40.3 Å². The summed E-state index contributed by atoms with van der Waals surface area (Å²) in [4.78, 5) is 73.1. The molecule has 81 heavy (non-hydrogen) atoms. The van der Waals surface area contributed by atoms with Crippen molar-refractivity contribution in [1.29, 1.82) is 0 Å². The van der Waals surface area contributed by atoms with E-state index in [-0.39, 0.29) is 60.1 Å². The number of carbonyl (C=O) groups is 4. The van der Waals surface area contributed by atoms with Crippen molar-refractivity contribution >= 4 is 119 Å². The number of nitrogens with zero attached hydrogens (tertiary/aromatic N) is 6. The quantitative estimate of drug-likeness (QED) is 0.0309. The second-order valence-electron chi connectivity index (χ2n) is 22.9. The molecule has 16 nitrogen and oxygen atoms in total. The number of nitrogens with one attached hydrogen (secondary N) is 2. The third kappa shape index (κ3) is 13.8. The van der Waals surface area contributed by atoms with Gasteiger partial charge in [0.05, 0.1) is 53.2 Å². The lowest BCUT2D eigenvalue weighted by Crippen LogP contribution is -2.64. The number of aliphatic hydroxyl groups is 1. The number of aliphatic hydroxyl groups excluding tert-OH is 1. The fourth-order valence-corrected chi connectivity index (χ4v) is 18.4. The minimum absolute atomic E-state index is 0.0222. The minimum atomic E-state index is -1.83. The average Bonchev–Trinajstić information content (AvgIpc) is 4.37. The van der Waals surface area contributed by atoms with E-state index in [4.69, 9.17) is 31.3 Å². The molecule has 7 aliphatic rings. The molecule has 440 valence electrons. The molecule has 10 rings (SSSR count). The molecule has 0 bridgehead atoms. The van der Waals surface area contributed by atoms with Gasteiger partial charge in [0.25, 0.3) is 0 Å². The molecular formula is C58H80N8O8S6Si. The Labute approximate surface area is 504 Å². The molecule has 2 saturated heterocycles. The Bertz CT molecular complexity index is 3060. The molecule has 0 radical (unpaired) electrons. The molecule has 2 amide bonds. The maximum absolute atomic E-state index is 13.4. The maximum Gasteiger partial charge on any atom is 0.356 e. The lowest BCUT2D eigenvalue weighted by Gasteiger charge is -2.48. The highest BCUT2D eigenvalue weighted by molar-refractivity contribution is 8.05. The van der Waals surface area contributed by atoms with Gasteiger partial charge < -0.3 is 39.5 Å². The van der Waals surface area contributed by atoms with Crippen LogP contribution in [0.5, 0.6) is 0 Å². The summed E-state index contributed by atoms with van der Waals surface area (Å²) in [7, 11) is 2.53. The third-order valence-corrected chi connectivity index (χ3v) is 23.0. The minimum Gasteiger partial charge on any atom is -0.477 e. The summed E-state index contributed by atoms with van der Waals surface area (Å²) < 4.78 is 14.2. The number of hydrogen-bond donors (Lipinski definition) is 4. The van der Waals surface area contributed by atoms with Gasteiger partial charge in [-0.1, -0.05) is 89.0 Å². The van der Waals surface area contributed by atoms with Crippen molar-refractivity contribution in [3.8, 4) is 0 Å². The van der Waals surface area contributed by atoms with E-state index in [2.05, 4.69) is 117 Å². The van der Waals surface area contributed by atoms with Crippen molar-refractivity contribution in [3.63, 3.8) is 0 Å². The number of likely N-dealkylation sites (N-methyl/N-ethyl adjacent to an activating group) is 2.